The molecular formula is C23H28N4O5S. The van der Waals surface area contributed by atoms with Crippen molar-refractivity contribution < 1.29 is 18.3 Å². The van der Waals surface area contributed by atoms with E-state index < -0.39 is 10.0 Å². The minimum Gasteiger partial charge on any atom is -0.493 e. The van der Waals surface area contributed by atoms with Gasteiger partial charge in [0.05, 0.1) is 34.6 Å². The molecule has 1 aliphatic rings. The first-order chi connectivity index (χ1) is 15.8. The molecule has 0 spiro atoms. The van der Waals surface area contributed by atoms with Crippen molar-refractivity contribution >= 4 is 20.9 Å². The van der Waals surface area contributed by atoms with Crippen LogP contribution in [0.5, 0.6) is 5.75 Å². The molecule has 2 aromatic carbocycles. The largest absolute Gasteiger partial charge is 0.493 e. The van der Waals surface area contributed by atoms with Gasteiger partial charge < -0.3 is 14.8 Å². The molecule has 0 unspecified atom stereocenters. The van der Waals surface area contributed by atoms with Gasteiger partial charge in [0, 0.05) is 32.7 Å². The molecule has 2 N–H and O–H groups in total. The van der Waals surface area contributed by atoms with Crippen LogP contribution in [-0.4, -0.2) is 78.6 Å². The zero-order valence-electron chi connectivity index (χ0n) is 18.7. The van der Waals surface area contributed by atoms with Crippen molar-refractivity contribution in [3.63, 3.8) is 0 Å². The first-order valence-electron chi connectivity index (χ1n) is 11.0. The lowest BCUT2D eigenvalue weighted by Gasteiger charge is -2.33. The van der Waals surface area contributed by atoms with Crippen molar-refractivity contribution in [2.24, 2.45) is 0 Å². The summed E-state index contributed by atoms with van der Waals surface area (Å²) in [6.07, 6.45) is 0. The average Bonchev–Trinajstić information content (AvgIpc) is 2.80. The van der Waals surface area contributed by atoms with Crippen LogP contribution in [0.4, 0.5) is 0 Å². The summed E-state index contributed by atoms with van der Waals surface area (Å²) in [6.45, 7) is 6.46. The van der Waals surface area contributed by atoms with Crippen LogP contribution in [0, 0.1) is 6.92 Å². The summed E-state index contributed by atoms with van der Waals surface area (Å²) in [4.78, 5) is 22.3. The summed E-state index contributed by atoms with van der Waals surface area (Å²) in [7, 11) is -3.75. The molecule has 1 aromatic heterocycles. The van der Waals surface area contributed by atoms with Gasteiger partial charge in [-0.05, 0) is 43.7 Å². The highest BCUT2D eigenvalue weighted by molar-refractivity contribution is 7.89. The average molecular weight is 473 g/mol. The highest BCUT2D eigenvalue weighted by atomic mass is 32.2. The standard InChI is InChI=1S/C23H28N4O5S/c1-3-32-20-8-7-17(33(30,31)27-11-9-26(10-12-27)13-14-28)15-19(20)22-24-21-16(2)5-4-6-18(21)23(29)25-22/h4-8,15,28H,3,9-14H2,1-2H3,(H,24,25,29). The molecule has 2 heterocycles. The predicted octanol–water partition coefficient (Wildman–Crippen LogP) is 1.60. The molecule has 1 aliphatic heterocycles. The third-order valence-electron chi connectivity index (χ3n) is 5.83. The number of aliphatic hydroxyl groups excluding tert-OH is 1. The maximum absolute atomic E-state index is 13.4. The van der Waals surface area contributed by atoms with E-state index in [1.807, 2.05) is 24.8 Å². The second-order valence-electron chi connectivity index (χ2n) is 7.95. The van der Waals surface area contributed by atoms with Crippen LogP contribution in [0.2, 0.25) is 0 Å². The quantitative estimate of drug-likeness (QED) is 0.537. The summed E-state index contributed by atoms with van der Waals surface area (Å²) < 4.78 is 33.9. The maximum Gasteiger partial charge on any atom is 0.259 e. The molecular weight excluding hydrogens is 444 g/mol. The van der Waals surface area contributed by atoms with Crippen LogP contribution < -0.4 is 10.3 Å². The number of β-amino-alcohol motifs (C(OH)–C–C–N with tert-alkyl or cyclic N) is 1. The molecule has 0 bridgehead atoms. The molecule has 0 amide bonds. The molecule has 0 radical (unpaired) electrons. The molecule has 3 aromatic rings. The topological polar surface area (TPSA) is 116 Å². The van der Waals surface area contributed by atoms with Gasteiger partial charge in [-0.2, -0.15) is 4.31 Å². The zero-order valence-corrected chi connectivity index (χ0v) is 19.6. The van der Waals surface area contributed by atoms with Crippen LogP contribution in [0.15, 0.2) is 46.1 Å². The minimum absolute atomic E-state index is 0.0471. The number of sulfonamides is 1. The van der Waals surface area contributed by atoms with E-state index >= 15 is 0 Å². The molecule has 1 fully saturated rings. The van der Waals surface area contributed by atoms with Crippen molar-refractivity contribution in [2.75, 3.05) is 45.9 Å². The Morgan fingerprint density at radius 2 is 1.91 bits per heavy atom. The highest BCUT2D eigenvalue weighted by Gasteiger charge is 2.29. The number of fused-ring (bicyclic) bond motifs is 1. The van der Waals surface area contributed by atoms with Gasteiger partial charge in [0.2, 0.25) is 10.0 Å². The normalized spacial score (nSPS) is 15.7. The lowest BCUT2D eigenvalue weighted by Crippen LogP contribution is -2.49. The highest BCUT2D eigenvalue weighted by Crippen LogP contribution is 2.32. The van der Waals surface area contributed by atoms with Gasteiger partial charge in [0.15, 0.2) is 0 Å². The number of nitrogens with one attached hydrogen (secondary N) is 1. The molecule has 0 atom stereocenters. The van der Waals surface area contributed by atoms with Crippen molar-refractivity contribution in [1.29, 1.82) is 0 Å². The molecule has 176 valence electrons. The second kappa shape index (κ2) is 9.60. The number of aryl methyl sites for hydroxylation is 1. The van der Waals surface area contributed by atoms with Gasteiger partial charge in [0.1, 0.15) is 11.6 Å². The molecule has 10 heteroatoms. The van der Waals surface area contributed by atoms with Crippen molar-refractivity contribution in [2.45, 2.75) is 18.7 Å². The van der Waals surface area contributed by atoms with Gasteiger partial charge in [0.25, 0.3) is 5.56 Å². The van der Waals surface area contributed by atoms with Gasteiger partial charge in [-0.15, -0.1) is 0 Å². The molecule has 0 saturated carbocycles. The lowest BCUT2D eigenvalue weighted by atomic mass is 10.1. The Balaban J connectivity index is 1.76. The monoisotopic (exact) mass is 472 g/mol. The summed E-state index contributed by atoms with van der Waals surface area (Å²) >= 11 is 0. The van der Waals surface area contributed by atoms with Crippen molar-refractivity contribution in [1.82, 2.24) is 19.2 Å². The number of H-pyrrole nitrogens is 1. The lowest BCUT2D eigenvalue weighted by molar-refractivity contribution is 0.151. The number of ether oxygens (including phenoxy) is 1. The van der Waals surface area contributed by atoms with E-state index in [0.29, 0.717) is 61.5 Å². The van der Waals surface area contributed by atoms with Crippen molar-refractivity contribution in [3.8, 4) is 17.1 Å². The van der Waals surface area contributed by atoms with E-state index in [4.69, 9.17) is 9.84 Å². The summed E-state index contributed by atoms with van der Waals surface area (Å²) in [5.74, 6) is 0.704. The number of aromatic amines is 1. The number of hydrogen-bond acceptors (Lipinski definition) is 7. The minimum atomic E-state index is -3.75. The SMILES string of the molecule is CCOc1ccc(S(=O)(=O)N2CCN(CCO)CC2)cc1-c1nc2c(C)cccc2c(=O)[nH]1. The fourth-order valence-electron chi connectivity index (χ4n) is 4.05. The van der Waals surface area contributed by atoms with E-state index in [1.54, 1.807) is 18.2 Å². The number of para-hydroxylation sites is 1. The van der Waals surface area contributed by atoms with Gasteiger partial charge in [-0.25, -0.2) is 13.4 Å². The van der Waals surface area contributed by atoms with Gasteiger partial charge >= 0.3 is 0 Å². The maximum atomic E-state index is 13.4. The number of benzene rings is 2. The number of nitrogens with zero attached hydrogens (tertiary/aromatic N) is 3. The number of aromatic nitrogens is 2. The molecule has 0 aliphatic carbocycles. The molecule has 33 heavy (non-hydrogen) atoms. The van der Waals surface area contributed by atoms with E-state index in [0.717, 1.165) is 5.56 Å². The Bertz CT molecular complexity index is 1310. The first kappa shape index (κ1) is 23.4. The molecule has 1 saturated heterocycles. The Hall–Kier alpha value is -2.79. The summed E-state index contributed by atoms with van der Waals surface area (Å²) in [5.41, 5.74) is 1.53. The summed E-state index contributed by atoms with van der Waals surface area (Å²) in [6, 6.07) is 10.0. The smallest absolute Gasteiger partial charge is 0.259 e. The van der Waals surface area contributed by atoms with E-state index in [-0.39, 0.29) is 22.9 Å². The van der Waals surface area contributed by atoms with Crippen LogP contribution in [-0.2, 0) is 10.0 Å². The fourth-order valence-corrected chi connectivity index (χ4v) is 5.50. The van der Waals surface area contributed by atoms with E-state index in [1.165, 1.54) is 16.4 Å². The Kier molecular flexibility index (Phi) is 6.80. The van der Waals surface area contributed by atoms with Crippen LogP contribution in [0.1, 0.15) is 12.5 Å². The third kappa shape index (κ3) is 4.65. The predicted molar refractivity (Wildman–Crippen MR) is 126 cm³/mol. The first-order valence-corrected chi connectivity index (χ1v) is 12.4. The van der Waals surface area contributed by atoms with E-state index in [9.17, 15) is 13.2 Å². The number of hydrogen-bond donors (Lipinski definition) is 2. The van der Waals surface area contributed by atoms with Crippen LogP contribution >= 0.6 is 0 Å². The molecule has 4 rings (SSSR count). The van der Waals surface area contributed by atoms with Crippen LogP contribution in [0.3, 0.4) is 0 Å². The number of piperazine rings is 1. The number of rotatable bonds is 7. The number of aliphatic hydroxyl groups is 1. The van der Waals surface area contributed by atoms with E-state index in [2.05, 4.69) is 9.97 Å². The molecule has 9 nitrogen and oxygen atoms in total. The Morgan fingerprint density at radius 1 is 1.15 bits per heavy atom. The zero-order chi connectivity index (χ0) is 23.6. The second-order valence-corrected chi connectivity index (χ2v) is 9.88. The van der Waals surface area contributed by atoms with Gasteiger partial charge in [-0.3, -0.25) is 9.69 Å². The van der Waals surface area contributed by atoms with Gasteiger partial charge in [-0.1, -0.05) is 12.1 Å². The Labute approximate surface area is 192 Å². The fraction of sp³-hybridized carbons (Fsp3) is 0.391. The van der Waals surface area contributed by atoms with Crippen LogP contribution in [0.25, 0.3) is 22.3 Å². The summed E-state index contributed by atoms with van der Waals surface area (Å²) in [5, 5.41) is 9.59. The third-order valence-corrected chi connectivity index (χ3v) is 7.72. The van der Waals surface area contributed by atoms with Crippen molar-refractivity contribution in [3.05, 3.63) is 52.3 Å². The Morgan fingerprint density at radius 3 is 2.61 bits per heavy atom.